The third kappa shape index (κ3) is 7.67. The first-order valence-electron chi connectivity index (χ1n) is 10.6. The van der Waals surface area contributed by atoms with Crippen LogP contribution in [0.2, 0.25) is 5.02 Å². The van der Waals surface area contributed by atoms with Crippen LogP contribution in [0.25, 0.3) is 6.08 Å². The van der Waals surface area contributed by atoms with Crippen molar-refractivity contribution in [1.29, 1.82) is 0 Å². The molecule has 6 heteroatoms. The molecule has 0 aromatic heterocycles. The van der Waals surface area contributed by atoms with Gasteiger partial charge in [0.05, 0.1) is 7.11 Å². The number of halogens is 2. The average Bonchev–Trinajstić information content (AvgIpc) is 2.70. The SMILES string of the molecule is COc1ccc(NC(=O)C=Cc2ccc(Cl)cc2F)cc1CCCN(C(C)C)C(C)C. The Hall–Kier alpha value is -2.37. The monoisotopic (exact) mass is 446 g/mol. The van der Waals surface area contributed by atoms with Crippen molar-refractivity contribution in [3.8, 4) is 5.75 Å². The average molecular weight is 447 g/mol. The van der Waals surface area contributed by atoms with E-state index in [0.717, 1.165) is 30.7 Å². The van der Waals surface area contributed by atoms with Crippen LogP contribution in [0.3, 0.4) is 0 Å². The van der Waals surface area contributed by atoms with Crippen molar-refractivity contribution in [3.05, 3.63) is 64.4 Å². The van der Waals surface area contributed by atoms with Gasteiger partial charge >= 0.3 is 0 Å². The highest BCUT2D eigenvalue weighted by Gasteiger charge is 2.13. The number of hydrogen-bond acceptors (Lipinski definition) is 3. The summed E-state index contributed by atoms with van der Waals surface area (Å²) in [5.41, 5.74) is 2.02. The van der Waals surface area contributed by atoms with E-state index in [4.69, 9.17) is 16.3 Å². The fourth-order valence-corrected chi connectivity index (χ4v) is 3.76. The smallest absolute Gasteiger partial charge is 0.248 e. The number of ether oxygens (including phenoxy) is 1. The minimum absolute atomic E-state index is 0.301. The first-order chi connectivity index (χ1) is 14.7. The lowest BCUT2D eigenvalue weighted by Gasteiger charge is -2.30. The number of carbonyl (C=O) groups is 1. The molecule has 31 heavy (non-hydrogen) atoms. The fourth-order valence-electron chi connectivity index (χ4n) is 3.60. The second-order valence-corrected chi connectivity index (χ2v) is 8.48. The van der Waals surface area contributed by atoms with Gasteiger partial charge in [0.15, 0.2) is 0 Å². The molecule has 0 bridgehead atoms. The molecule has 0 spiro atoms. The lowest BCUT2D eigenvalue weighted by Crippen LogP contribution is -2.37. The maximum Gasteiger partial charge on any atom is 0.248 e. The number of rotatable bonds is 10. The lowest BCUT2D eigenvalue weighted by molar-refractivity contribution is -0.111. The second kappa shape index (κ2) is 11.9. The summed E-state index contributed by atoms with van der Waals surface area (Å²) in [7, 11) is 1.65. The van der Waals surface area contributed by atoms with Gasteiger partial charge in [0, 0.05) is 34.4 Å². The van der Waals surface area contributed by atoms with Crippen LogP contribution in [0, 0.1) is 5.82 Å². The van der Waals surface area contributed by atoms with Crippen molar-refractivity contribution >= 4 is 29.3 Å². The zero-order chi connectivity index (χ0) is 23.0. The molecular weight excluding hydrogens is 415 g/mol. The van der Waals surface area contributed by atoms with E-state index < -0.39 is 5.82 Å². The fraction of sp³-hybridized carbons (Fsp3) is 0.400. The number of nitrogens with one attached hydrogen (secondary N) is 1. The summed E-state index contributed by atoms with van der Waals surface area (Å²) < 4.78 is 19.3. The standard InChI is InChI=1S/C25H32ClFN2O2/c1-17(2)29(18(3)4)14-6-7-20-15-22(11-12-24(20)31-5)28-25(30)13-9-19-8-10-21(26)16-23(19)27/h8-13,15-18H,6-7,14H2,1-5H3,(H,28,30). The van der Waals surface area contributed by atoms with Crippen LogP contribution in [-0.4, -0.2) is 36.5 Å². The molecule has 4 nitrogen and oxygen atoms in total. The third-order valence-corrected chi connectivity index (χ3v) is 5.35. The van der Waals surface area contributed by atoms with E-state index in [1.807, 2.05) is 12.1 Å². The Kier molecular flexibility index (Phi) is 9.53. The van der Waals surface area contributed by atoms with E-state index in [1.54, 1.807) is 19.2 Å². The molecule has 0 heterocycles. The molecule has 0 fully saturated rings. The summed E-state index contributed by atoms with van der Waals surface area (Å²) in [5.74, 6) is -0.00574. The summed E-state index contributed by atoms with van der Waals surface area (Å²) >= 11 is 5.75. The third-order valence-electron chi connectivity index (χ3n) is 5.11. The number of amides is 1. The zero-order valence-corrected chi connectivity index (χ0v) is 19.7. The predicted octanol–water partition coefficient (Wildman–Crippen LogP) is 6.19. The van der Waals surface area contributed by atoms with E-state index in [-0.39, 0.29) is 5.91 Å². The summed E-state index contributed by atoms with van der Waals surface area (Å²) in [5, 5.41) is 3.14. The minimum atomic E-state index is -0.472. The van der Waals surface area contributed by atoms with Gasteiger partial charge in [0.1, 0.15) is 11.6 Å². The molecule has 2 aromatic carbocycles. The Morgan fingerprint density at radius 1 is 1.16 bits per heavy atom. The van der Waals surface area contributed by atoms with Crippen LogP contribution in [0.5, 0.6) is 5.75 Å². The molecule has 0 aliphatic rings. The number of carbonyl (C=O) groups excluding carboxylic acids is 1. The van der Waals surface area contributed by atoms with Crippen LogP contribution in [0.15, 0.2) is 42.5 Å². The molecule has 0 saturated carbocycles. The van der Waals surface area contributed by atoms with E-state index in [2.05, 4.69) is 37.9 Å². The lowest BCUT2D eigenvalue weighted by atomic mass is 10.1. The van der Waals surface area contributed by atoms with Crippen molar-refractivity contribution in [2.45, 2.75) is 52.6 Å². The van der Waals surface area contributed by atoms with Gasteiger partial charge in [0.2, 0.25) is 5.91 Å². The van der Waals surface area contributed by atoms with Crippen molar-refractivity contribution in [1.82, 2.24) is 4.90 Å². The van der Waals surface area contributed by atoms with Crippen molar-refractivity contribution in [2.24, 2.45) is 0 Å². The van der Waals surface area contributed by atoms with Gasteiger partial charge in [-0.15, -0.1) is 0 Å². The molecule has 0 radical (unpaired) electrons. The maximum atomic E-state index is 13.9. The van der Waals surface area contributed by atoms with Crippen LogP contribution in [0.4, 0.5) is 10.1 Å². The highest BCUT2D eigenvalue weighted by molar-refractivity contribution is 6.30. The molecule has 2 rings (SSSR count). The second-order valence-electron chi connectivity index (χ2n) is 8.04. The quantitative estimate of drug-likeness (QED) is 0.442. The van der Waals surface area contributed by atoms with Gasteiger partial charge in [0.25, 0.3) is 0 Å². The minimum Gasteiger partial charge on any atom is -0.496 e. The summed E-state index contributed by atoms with van der Waals surface area (Å²) in [4.78, 5) is 14.8. The summed E-state index contributed by atoms with van der Waals surface area (Å²) in [6.45, 7) is 9.82. The van der Waals surface area contributed by atoms with Gasteiger partial charge < -0.3 is 10.1 Å². The van der Waals surface area contributed by atoms with Crippen LogP contribution >= 0.6 is 11.6 Å². The molecular formula is C25H32ClFN2O2. The van der Waals surface area contributed by atoms with Crippen LogP contribution in [0.1, 0.15) is 45.2 Å². The largest absolute Gasteiger partial charge is 0.496 e. The number of nitrogens with zero attached hydrogens (tertiary/aromatic N) is 1. The molecule has 0 aliphatic heterocycles. The summed E-state index contributed by atoms with van der Waals surface area (Å²) in [6, 6.07) is 10.9. The van der Waals surface area contributed by atoms with Crippen LogP contribution < -0.4 is 10.1 Å². The molecule has 0 saturated heterocycles. The normalized spacial score (nSPS) is 11.7. The van der Waals surface area contributed by atoms with Gasteiger partial charge in [-0.05, 0) is 89.1 Å². The van der Waals surface area contributed by atoms with E-state index >= 15 is 0 Å². The van der Waals surface area contributed by atoms with Crippen molar-refractivity contribution in [2.75, 3.05) is 19.0 Å². The zero-order valence-electron chi connectivity index (χ0n) is 18.9. The van der Waals surface area contributed by atoms with E-state index in [0.29, 0.717) is 28.4 Å². The Bertz CT molecular complexity index is 904. The Balaban J connectivity index is 2.03. The number of benzene rings is 2. The highest BCUT2D eigenvalue weighted by atomic mass is 35.5. The molecule has 1 N–H and O–H groups in total. The number of hydrogen-bond donors (Lipinski definition) is 1. The van der Waals surface area contributed by atoms with Gasteiger partial charge in [-0.1, -0.05) is 17.7 Å². The first-order valence-corrected chi connectivity index (χ1v) is 11.0. The maximum absolute atomic E-state index is 13.9. The van der Waals surface area contributed by atoms with E-state index in [9.17, 15) is 9.18 Å². The molecule has 168 valence electrons. The highest BCUT2D eigenvalue weighted by Crippen LogP contribution is 2.24. The molecule has 0 aliphatic carbocycles. The Morgan fingerprint density at radius 3 is 2.48 bits per heavy atom. The Labute approximate surface area is 190 Å². The number of aryl methyl sites for hydroxylation is 1. The summed E-state index contributed by atoms with van der Waals surface area (Å²) in [6.07, 6.45) is 4.56. The topological polar surface area (TPSA) is 41.6 Å². The molecule has 0 unspecified atom stereocenters. The van der Waals surface area contributed by atoms with Crippen LogP contribution in [-0.2, 0) is 11.2 Å². The number of methoxy groups -OCH3 is 1. The predicted molar refractivity (Wildman–Crippen MR) is 127 cm³/mol. The Morgan fingerprint density at radius 2 is 1.87 bits per heavy atom. The first kappa shape index (κ1) is 24.9. The number of anilines is 1. The molecule has 2 aromatic rings. The van der Waals surface area contributed by atoms with E-state index in [1.165, 1.54) is 24.3 Å². The van der Waals surface area contributed by atoms with Gasteiger partial charge in [-0.25, -0.2) is 4.39 Å². The molecule has 1 amide bonds. The van der Waals surface area contributed by atoms with Gasteiger partial charge in [-0.2, -0.15) is 0 Å². The van der Waals surface area contributed by atoms with Gasteiger partial charge in [-0.3, -0.25) is 9.69 Å². The van der Waals surface area contributed by atoms with Crippen molar-refractivity contribution in [3.63, 3.8) is 0 Å². The molecule has 0 atom stereocenters. The van der Waals surface area contributed by atoms with Crippen molar-refractivity contribution < 1.29 is 13.9 Å².